The van der Waals surface area contributed by atoms with Crippen LogP contribution in [-0.2, 0) is 28.9 Å². The highest BCUT2D eigenvalue weighted by molar-refractivity contribution is 7.14. The molecule has 0 saturated carbocycles. The number of amides is 2. The first-order chi connectivity index (χ1) is 13.6. The Balaban J connectivity index is 1.37. The number of thiophene rings is 1. The lowest BCUT2D eigenvalue weighted by atomic mass is 9.87. The molecule has 2 heterocycles. The second-order valence-corrected chi connectivity index (χ2v) is 8.39. The predicted molar refractivity (Wildman–Crippen MR) is 105 cm³/mol. The van der Waals surface area contributed by atoms with E-state index in [4.69, 9.17) is 4.74 Å². The molecule has 1 fully saturated rings. The molecule has 1 aromatic heterocycles. The Labute approximate surface area is 167 Å². The van der Waals surface area contributed by atoms with Crippen molar-refractivity contribution in [3.05, 3.63) is 57.0 Å². The standard InChI is InChI=1S/C21H23FN2O3S/c22-17-3-1-2-14(10-17)13-23-20(25)15-4-5-18-16(11-15)12-19(28-18)21(26)24-6-8-27-9-7-24/h1-3,10,12,15H,4-9,11,13H2,(H,23,25)/t15-/m0/s1. The maximum absolute atomic E-state index is 13.3. The van der Waals surface area contributed by atoms with Gasteiger partial charge in [-0.3, -0.25) is 9.59 Å². The number of hydrogen-bond donors (Lipinski definition) is 1. The molecule has 2 amide bonds. The number of nitrogens with zero attached hydrogens (tertiary/aromatic N) is 1. The number of nitrogens with one attached hydrogen (secondary N) is 1. The second kappa shape index (κ2) is 8.41. The van der Waals surface area contributed by atoms with Gasteiger partial charge in [-0.05, 0) is 48.6 Å². The molecule has 0 radical (unpaired) electrons. The number of ether oxygens (including phenoxy) is 1. The van der Waals surface area contributed by atoms with Crippen LogP contribution in [0.5, 0.6) is 0 Å². The molecular formula is C21H23FN2O3S. The Morgan fingerprint density at radius 2 is 2.07 bits per heavy atom. The zero-order chi connectivity index (χ0) is 19.5. The highest BCUT2D eigenvalue weighted by Gasteiger charge is 2.28. The monoisotopic (exact) mass is 402 g/mol. The van der Waals surface area contributed by atoms with Gasteiger partial charge in [0.1, 0.15) is 5.82 Å². The highest BCUT2D eigenvalue weighted by Crippen LogP contribution is 2.33. The third-order valence-electron chi connectivity index (χ3n) is 5.32. The summed E-state index contributed by atoms with van der Waals surface area (Å²) in [6, 6.07) is 8.22. The van der Waals surface area contributed by atoms with Crippen LogP contribution in [0.1, 0.15) is 32.1 Å². The summed E-state index contributed by atoms with van der Waals surface area (Å²) < 4.78 is 18.6. The number of fused-ring (bicyclic) bond motifs is 1. The maximum atomic E-state index is 13.3. The van der Waals surface area contributed by atoms with E-state index < -0.39 is 0 Å². The minimum Gasteiger partial charge on any atom is -0.378 e. The van der Waals surface area contributed by atoms with Gasteiger partial charge >= 0.3 is 0 Å². The quantitative estimate of drug-likeness (QED) is 0.856. The van der Waals surface area contributed by atoms with Gasteiger partial charge in [-0.15, -0.1) is 11.3 Å². The molecule has 28 heavy (non-hydrogen) atoms. The van der Waals surface area contributed by atoms with Gasteiger partial charge in [-0.1, -0.05) is 12.1 Å². The number of benzene rings is 1. The van der Waals surface area contributed by atoms with Crippen molar-refractivity contribution in [1.82, 2.24) is 10.2 Å². The minimum atomic E-state index is -0.301. The smallest absolute Gasteiger partial charge is 0.264 e. The van der Waals surface area contributed by atoms with E-state index in [1.165, 1.54) is 17.0 Å². The average molecular weight is 402 g/mol. The molecule has 148 valence electrons. The summed E-state index contributed by atoms with van der Waals surface area (Å²) in [6.45, 7) is 2.76. The van der Waals surface area contributed by atoms with Crippen LogP contribution >= 0.6 is 11.3 Å². The first kappa shape index (κ1) is 19.1. The Morgan fingerprint density at radius 3 is 2.86 bits per heavy atom. The molecule has 2 aromatic rings. The fourth-order valence-corrected chi connectivity index (χ4v) is 4.93. The van der Waals surface area contributed by atoms with Crippen molar-refractivity contribution in [3.8, 4) is 0 Å². The van der Waals surface area contributed by atoms with Gasteiger partial charge in [0.05, 0.1) is 18.1 Å². The van der Waals surface area contributed by atoms with Crippen molar-refractivity contribution < 1.29 is 18.7 Å². The van der Waals surface area contributed by atoms with Gasteiger partial charge in [0, 0.05) is 30.4 Å². The van der Waals surface area contributed by atoms with Crippen molar-refractivity contribution >= 4 is 23.2 Å². The number of rotatable bonds is 4. The molecule has 2 aliphatic rings. The van der Waals surface area contributed by atoms with E-state index in [9.17, 15) is 14.0 Å². The fraction of sp³-hybridized carbons (Fsp3) is 0.429. The van der Waals surface area contributed by atoms with Gasteiger partial charge in [-0.25, -0.2) is 4.39 Å². The first-order valence-electron chi connectivity index (χ1n) is 9.61. The summed E-state index contributed by atoms with van der Waals surface area (Å²) >= 11 is 1.56. The molecule has 1 N–H and O–H groups in total. The van der Waals surface area contributed by atoms with Gasteiger partial charge in [0.2, 0.25) is 5.91 Å². The Kier molecular flexibility index (Phi) is 5.73. The largest absolute Gasteiger partial charge is 0.378 e. The van der Waals surface area contributed by atoms with E-state index in [1.54, 1.807) is 23.5 Å². The molecule has 1 aliphatic carbocycles. The van der Waals surface area contributed by atoms with Crippen molar-refractivity contribution in [1.29, 1.82) is 0 Å². The zero-order valence-corrected chi connectivity index (χ0v) is 16.4. The molecule has 1 saturated heterocycles. The zero-order valence-electron chi connectivity index (χ0n) is 15.6. The van der Waals surface area contributed by atoms with Gasteiger partial charge < -0.3 is 15.0 Å². The third-order valence-corrected chi connectivity index (χ3v) is 6.54. The van der Waals surface area contributed by atoms with Crippen LogP contribution in [-0.4, -0.2) is 43.0 Å². The molecule has 1 aliphatic heterocycles. The van der Waals surface area contributed by atoms with E-state index >= 15 is 0 Å². The summed E-state index contributed by atoms with van der Waals surface area (Å²) in [5.74, 6) is -0.358. The topological polar surface area (TPSA) is 58.6 Å². The van der Waals surface area contributed by atoms with Crippen LogP contribution in [0.4, 0.5) is 4.39 Å². The van der Waals surface area contributed by atoms with Crippen LogP contribution in [0, 0.1) is 11.7 Å². The minimum absolute atomic E-state index is 0.0119. The summed E-state index contributed by atoms with van der Waals surface area (Å²) in [6.07, 6.45) is 2.24. The number of carbonyl (C=O) groups is 2. The fourth-order valence-electron chi connectivity index (χ4n) is 3.76. The Morgan fingerprint density at radius 1 is 1.25 bits per heavy atom. The third kappa shape index (κ3) is 4.25. The molecule has 0 bridgehead atoms. The summed E-state index contributed by atoms with van der Waals surface area (Å²) in [7, 11) is 0. The second-order valence-electron chi connectivity index (χ2n) is 7.25. The lowest BCUT2D eigenvalue weighted by Crippen LogP contribution is -2.40. The van der Waals surface area contributed by atoms with E-state index in [1.807, 2.05) is 11.0 Å². The van der Waals surface area contributed by atoms with Gasteiger partial charge in [-0.2, -0.15) is 0 Å². The molecular weight excluding hydrogens is 379 g/mol. The van der Waals surface area contributed by atoms with Crippen LogP contribution in [0.25, 0.3) is 0 Å². The molecule has 1 atom stereocenters. The number of carbonyl (C=O) groups excluding carboxylic acids is 2. The van der Waals surface area contributed by atoms with Gasteiger partial charge in [0.15, 0.2) is 0 Å². The Bertz CT molecular complexity index is 876. The van der Waals surface area contributed by atoms with Gasteiger partial charge in [0.25, 0.3) is 5.91 Å². The lowest BCUT2D eigenvalue weighted by Gasteiger charge is -2.26. The van der Waals surface area contributed by atoms with E-state index in [-0.39, 0.29) is 23.5 Å². The average Bonchev–Trinajstić information content (AvgIpc) is 3.15. The Hall–Kier alpha value is -2.25. The van der Waals surface area contributed by atoms with Crippen LogP contribution in [0.2, 0.25) is 0 Å². The molecule has 5 nitrogen and oxygen atoms in total. The molecule has 0 unspecified atom stereocenters. The predicted octanol–water partition coefficient (Wildman–Crippen LogP) is 2.78. The van der Waals surface area contributed by atoms with E-state index in [0.29, 0.717) is 39.3 Å². The number of hydrogen-bond acceptors (Lipinski definition) is 4. The number of halogens is 1. The normalized spacial score (nSPS) is 19.2. The lowest BCUT2D eigenvalue weighted by molar-refractivity contribution is -0.125. The van der Waals surface area contributed by atoms with Crippen LogP contribution in [0.15, 0.2) is 30.3 Å². The van der Waals surface area contributed by atoms with Crippen LogP contribution in [0.3, 0.4) is 0 Å². The summed E-state index contributed by atoms with van der Waals surface area (Å²) in [5.41, 5.74) is 1.86. The van der Waals surface area contributed by atoms with Crippen LogP contribution < -0.4 is 5.32 Å². The maximum Gasteiger partial charge on any atom is 0.264 e. The van der Waals surface area contributed by atoms with Crippen molar-refractivity contribution in [2.75, 3.05) is 26.3 Å². The first-order valence-corrected chi connectivity index (χ1v) is 10.4. The van der Waals surface area contributed by atoms with E-state index in [2.05, 4.69) is 5.32 Å². The highest BCUT2D eigenvalue weighted by atomic mass is 32.1. The summed E-state index contributed by atoms with van der Waals surface area (Å²) in [4.78, 5) is 29.1. The molecule has 7 heteroatoms. The van der Waals surface area contributed by atoms with E-state index in [0.717, 1.165) is 28.8 Å². The molecule has 1 aromatic carbocycles. The summed E-state index contributed by atoms with van der Waals surface area (Å²) in [5, 5.41) is 2.92. The van der Waals surface area contributed by atoms with Crippen molar-refractivity contribution in [2.45, 2.75) is 25.8 Å². The molecule has 4 rings (SSSR count). The number of aryl methyl sites for hydroxylation is 1. The van der Waals surface area contributed by atoms with Crippen molar-refractivity contribution in [3.63, 3.8) is 0 Å². The van der Waals surface area contributed by atoms with Crippen molar-refractivity contribution in [2.24, 2.45) is 5.92 Å². The number of morpholine rings is 1. The SMILES string of the molecule is O=C(NCc1cccc(F)c1)[C@H]1CCc2sc(C(=O)N3CCOCC3)cc2C1. The molecule has 0 spiro atoms.